The van der Waals surface area contributed by atoms with E-state index in [0.717, 1.165) is 6.42 Å². The lowest BCUT2D eigenvalue weighted by Crippen LogP contribution is -2.44. The summed E-state index contributed by atoms with van der Waals surface area (Å²) in [6.07, 6.45) is 3.66. The molecule has 2 rings (SSSR count). The number of likely N-dealkylation sites (tertiary alicyclic amines) is 1. The minimum Gasteiger partial charge on any atom is -0.311 e. The van der Waals surface area contributed by atoms with Crippen LogP contribution in [-0.2, 0) is 6.42 Å². The van der Waals surface area contributed by atoms with Gasteiger partial charge in [0.2, 0.25) is 0 Å². The molecule has 1 aliphatic rings. The van der Waals surface area contributed by atoms with Gasteiger partial charge >= 0.3 is 0 Å². The molecule has 0 spiro atoms. The molecule has 0 aromatic heterocycles. The summed E-state index contributed by atoms with van der Waals surface area (Å²) in [4.78, 5) is 2.41. The first-order chi connectivity index (χ1) is 8.63. The molecule has 1 N–H and O–H groups in total. The van der Waals surface area contributed by atoms with Crippen LogP contribution in [-0.4, -0.2) is 37.1 Å². The molecule has 0 bridgehead atoms. The van der Waals surface area contributed by atoms with Crippen molar-refractivity contribution in [1.82, 2.24) is 10.2 Å². The maximum Gasteiger partial charge on any atom is 0.0178 e. The molecule has 0 amide bonds. The Hall–Kier alpha value is -0.380. The van der Waals surface area contributed by atoms with Crippen LogP contribution in [0, 0.1) is 0 Å². The molecule has 2 nitrogen and oxygen atoms in total. The van der Waals surface area contributed by atoms with Gasteiger partial charge in [-0.2, -0.15) is 0 Å². The van der Waals surface area contributed by atoms with E-state index >= 15 is 0 Å². The summed E-state index contributed by atoms with van der Waals surface area (Å²) in [6.45, 7) is 4.74. The number of nitrogens with one attached hydrogen (secondary N) is 1. The van der Waals surface area contributed by atoms with Crippen molar-refractivity contribution in [1.29, 1.82) is 0 Å². The standard InChI is InChI=1S/C15H23BrN2/c1-12(10-13-4-3-5-14(16)11-13)17-15-6-8-18(2)9-7-15/h3-5,11-12,15,17H,6-10H2,1-2H3/t12-/m1/s1. The molecular formula is C15H23BrN2. The molecule has 3 heteroatoms. The number of benzene rings is 1. The second-order valence-electron chi connectivity index (χ2n) is 5.48. The minimum atomic E-state index is 0.549. The number of hydrogen-bond donors (Lipinski definition) is 1. The molecule has 1 atom stereocenters. The monoisotopic (exact) mass is 310 g/mol. The zero-order chi connectivity index (χ0) is 13.0. The zero-order valence-electron chi connectivity index (χ0n) is 11.3. The average molecular weight is 311 g/mol. The van der Waals surface area contributed by atoms with E-state index in [1.807, 2.05) is 0 Å². The quantitative estimate of drug-likeness (QED) is 0.919. The molecule has 1 fully saturated rings. The molecule has 100 valence electrons. The van der Waals surface area contributed by atoms with Gasteiger partial charge in [-0.25, -0.2) is 0 Å². The van der Waals surface area contributed by atoms with Gasteiger partial charge < -0.3 is 10.2 Å². The smallest absolute Gasteiger partial charge is 0.0178 e. The Morgan fingerprint density at radius 2 is 2.11 bits per heavy atom. The minimum absolute atomic E-state index is 0.549. The van der Waals surface area contributed by atoms with Crippen LogP contribution in [0.25, 0.3) is 0 Å². The summed E-state index contributed by atoms with van der Waals surface area (Å²) >= 11 is 3.53. The normalized spacial score (nSPS) is 19.9. The van der Waals surface area contributed by atoms with Crippen molar-refractivity contribution in [3.05, 3.63) is 34.3 Å². The van der Waals surface area contributed by atoms with Crippen molar-refractivity contribution >= 4 is 15.9 Å². The maximum atomic E-state index is 3.77. The van der Waals surface area contributed by atoms with E-state index in [2.05, 4.69) is 64.4 Å². The van der Waals surface area contributed by atoms with Crippen LogP contribution in [0.5, 0.6) is 0 Å². The molecule has 1 heterocycles. The Morgan fingerprint density at radius 1 is 1.39 bits per heavy atom. The molecular weight excluding hydrogens is 288 g/mol. The summed E-state index contributed by atoms with van der Waals surface area (Å²) in [7, 11) is 2.21. The van der Waals surface area contributed by atoms with Crippen molar-refractivity contribution < 1.29 is 0 Å². The van der Waals surface area contributed by atoms with Crippen LogP contribution >= 0.6 is 15.9 Å². The largest absolute Gasteiger partial charge is 0.311 e. The Balaban J connectivity index is 1.80. The molecule has 1 aromatic rings. The number of halogens is 1. The van der Waals surface area contributed by atoms with Gasteiger partial charge in [-0.05, 0) is 64.0 Å². The first-order valence-corrected chi connectivity index (χ1v) is 7.62. The van der Waals surface area contributed by atoms with Crippen molar-refractivity contribution in [2.45, 2.75) is 38.3 Å². The number of rotatable bonds is 4. The highest BCUT2D eigenvalue weighted by atomic mass is 79.9. The fourth-order valence-electron chi connectivity index (χ4n) is 2.65. The van der Waals surface area contributed by atoms with E-state index in [4.69, 9.17) is 0 Å². The molecule has 0 aliphatic carbocycles. The van der Waals surface area contributed by atoms with E-state index in [1.165, 1.54) is 36.0 Å². The summed E-state index contributed by atoms with van der Waals surface area (Å²) < 4.78 is 1.17. The van der Waals surface area contributed by atoms with E-state index in [-0.39, 0.29) is 0 Å². The SMILES string of the molecule is C[C@H](Cc1cccc(Br)c1)NC1CCN(C)CC1. The van der Waals surface area contributed by atoms with Gasteiger partial charge in [-0.1, -0.05) is 28.1 Å². The predicted molar refractivity (Wildman–Crippen MR) is 81.0 cm³/mol. The van der Waals surface area contributed by atoms with Gasteiger partial charge in [0.05, 0.1) is 0 Å². The van der Waals surface area contributed by atoms with Crippen molar-refractivity contribution in [3.63, 3.8) is 0 Å². The van der Waals surface area contributed by atoms with Crippen LogP contribution in [0.2, 0.25) is 0 Å². The van der Waals surface area contributed by atoms with Crippen molar-refractivity contribution in [3.8, 4) is 0 Å². The van der Waals surface area contributed by atoms with E-state index in [9.17, 15) is 0 Å². The molecule has 1 aromatic carbocycles. The van der Waals surface area contributed by atoms with Crippen LogP contribution in [0.4, 0.5) is 0 Å². The highest BCUT2D eigenvalue weighted by Crippen LogP contribution is 2.14. The first kappa shape index (κ1) is 14.0. The topological polar surface area (TPSA) is 15.3 Å². The molecule has 0 saturated carbocycles. The van der Waals surface area contributed by atoms with E-state index in [0.29, 0.717) is 12.1 Å². The number of nitrogens with zero attached hydrogens (tertiary/aromatic N) is 1. The van der Waals surface area contributed by atoms with Gasteiger partial charge in [-0.15, -0.1) is 0 Å². The molecule has 1 aliphatic heterocycles. The Bertz CT molecular complexity index is 373. The van der Waals surface area contributed by atoms with Crippen LogP contribution in [0.1, 0.15) is 25.3 Å². The van der Waals surface area contributed by atoms with Crippen LogP contribution in [0.3, 0.4) is 0 Å². The summed E-state index contributed by atoms with van der Waals surface area (Å²) in [5.74, 6) is 0. The van der Waals surface area contributed by atoms with Gasteiger partial charge in [0.1, 0.15) is 0 Å². The summed E-state index contributed by atoms with van der Waals surface area (Å²) in [5.41, 5.74) is 1.40. The Morgan fingerprint density at radius 3 is 2.78 bits per heavy atom. The lowest BCUT2D eigenvalue weighted by molar-refractivity contribution is 0.226. The van der Waals surface area contributed by atoms with Crippen LogP contribution < -0.4 is 5.32 Å². The van der Waals surface area contributed by atoms with Gasteiger partial charge in [0.25, 0.3) is 0 Å². The third-order valence-electron chi connectivity index (χ3n) is 3.67. The van der Waals surface area contributed by atoms with Gasteiger partial charge in [0.15, 0.2) is 0 Å². The number of piperidine rings is 1. The van der Waals surface area contributed by atoms with E-state index < -0.39 is 0 Å². The zero-order valence-corrected chi connectivity index (χ0v) is 12.9. The fraction of sp³-hybridized carbons (Fsp3) is 0.600. The third-order valence-corrected chi connectivity index (χ3v) is 4.16. The molecule has 1 saturated heterocycles. The van der Waals surface area contributed by atoms with Gasteiger partial charge in [0, 0.05) is 16.6 Å². The van der Waals surface area contributed by atoms with Gasteiger partial charge in [-0.3, -0.25) is 0 Å². The number of hydrogen-bond acceptors (Lipinski definition) is 2. The summed E-state index contributed by atoms with van der Waals surface area (Å²) in [5, 5.41) is 3.77. The highest BCUT2D eigenvalue weighted by molar-refractivity contribution is 9.10. The third kappa shape index (κ3) is 4.38. The fourth-order valence-corrected chi connectivity index (χ4v) is 3.10. The van der Waals surface area contributed by atoms with E-state index in [1.54, 1.807) is 0 Å². The lowest BCUT2D eigenvalue weighted by Gasteiger charge is -2.31. The van der Waals surface area contributed by atoms with Crippen LogP contribution in [0.15, 0.2) is 28.7 Å². The second kappa shape index (κ2) is 6.69. The highest BCUT2D eigenvalue weighted by Gasteiger charge is 2.18. The molecule has 18 heavy (non-hydrogen) atoms. The first-order valence-electron chi connectivity index (χ1n) is 6.82. The maximum absolute atomic E-state index is 3.77. The Kier molecular flexibility index (Phi) is 5.22. The average Bonchev–Trinajstić information content (AvgIpc) is 2.32. The second-order valence-corrected chi connectivity index (χ2v) is 6.39. The van der Waals surface area contributed by atoms with Crippen molar-refractivity contribution in [2.75, 3.05) is 20.1 Å². The van der Waals surface area contributed by atoms with Crippen molar-refractivity contribution in [2.24, 2.45) is 0 Å². The molecule has 0 unspecified atom stereocenters. The summed E-state index contributed by atoms with van der Waals surface area (Å²) in [6, 6.07) is 9.86. The lowest BCUT2D eigenvalue weighted by atomic mass is 10.0. The predicted octanol–water partition coefficient (Wildman–Crippen LogP) is 3.06. The molecule has 0 radical (unpaired) electrons. The Labute approximate surface area is 119 Å².